The number of aromatic nitrogens is 2. The van der Waals surface area contributed by atoms with E-state index >= 15 is 0 Å². The topological polar surface area (TPSA) is 50.3 Å². The Bertz CT molecular complexity index is 681. The lowest BCUT2D eigenvalue weighted by Crippen LogP contribution is -2.29. The van der Waals surface area contributed by atoms with Crippen LogP contribution in [0.3, 0.4) is 0 Å². The van der Waals surface area contributed by atoms with E-state index in [4.69, 9.17) is 4.74 Å². The normalized spacial score (nSPS) is 21.7. The summed E-state index contributed by atoms with van der Waals surface area (Å²) in [6.45, 7) is 1.24. The molecule has 0 bridgehead atoms. The molecule has 0 amide bonds. The predicted octanol–water partition coefficient (Wildman–Crippen LogP) is 2.82. The number of benzene rings is 1. The summed E-state index contributed by atoms with van der Waals surface area (Å²) in [6.07, 6.45) is 0.888. The zero-order chi connectivity index (χ0) is 16.4. The first-order valence-corrected chi connectivity index (χ1v) is 8.09. The Morgan fingerprint density at radius 2 is 2.22 bits per heavy atom. The molecule has 1 fully saturated rings. The summed E-state index contributed by atoms with van der Waals surface area (Å²) in [6, 6.07) is 4.10. The van der Waals surface area contributed by atoms with Gasteiger partial charge in [0.1, 0.15) is 6.61 Å². The highest BCUT2D eigenvalue weighted by molar-refractivity contribution is 7.09. The van der Waals surface area contributed by atoms with Gasteiger partial charge in [-0.1, -0.05) is 6.07 Å². The number of halogens is 2. The number of nitrogens with one attached hydrogen (secondary N) is 1. The van der Waals surface area contributed by atoms with Crippen LogP contribution in [0.25, 0.3) is 0 Å². The minimum absolute atomic E-state index is 0.0418. The first-order chi connectivity index (χ1) is 11.1. The molecule has 8 heteroatoms. The number of hydrogen-bond acceptors (Lipinski definition) is 6. The second-order valence-electron chi connectivity index (χ2n) is 5.59. The lowest BCUT2D eigenvalue weighted by Gasteiger charge is -2.26. The standard InChI is InChI=1S/C15H18F2N4OS/c1-21-6-5-12(18-15-19-13(8-22-2)20-23-15)14(21)9-3-4-10(16)11(17)7-9/h3-4,7,12,14H,5-6,8H2,1-2H3,(H,18,19,20)/t12-,14+/m1/s1. The number of ether oxygens (including phenoxy) is 1. The Morgan fingerprint density at radius 3 is 2.96 bits per heavy atom. The number of likely N-dealkylation sites (tertiary alicyclic amines) is 1. The fourth-order valence-corrected chi connectivity index (χ4v) is 3.58. The minimum atomic E-state index is -0.827. The monoisotopic (exact) mass is 340 g/mol. The Kier molecular flexibility index (Phi) is 4.84. The molecular formula is C15H18F2N4OS. The maximum absolute atomic E-state index is 13.6. The molecule has 1 aromatic heterocycles. The van der Waals surface area contributed by atoms with E-state index in [-0.39, 0.29) is 12.1 Å². The number of likely N-dealkylation sites (N-methyl/N-ethyl adjacent to an activating group) is 1. The lowest BCUT2D eigenvalue weighted by atomic mass is 10.00. The number of anilines is 1. The maximum Gasteiger partial charge on any atom is 0.202 e. The van der Waals surface area contributed by atoms with Crippen LogP contribution in [-0.2, 0) is 11.3 Å². The van der Waals surface area contributed by atoms with Crippen molar-refractivity contribution < 1.29 is 13.5 Å². The third-order valence-electron chi connectivity index (χ3n) is 3.98. The average molecular weight is 340 g/mol. The summed E-state index contributed by atoms with van der Waals surface area (Å²) in [7, 11) is 3.57. The van der Waals surface area contributed by atoms with Gasteiger partial charge in [0.25, 0.3) is 0 Å². The molecule has 0 spiro atoms. The number of methoxy groups -OCH3 is 1. The van der Waals surface area contributed by atoms with E-state index in [9.17, 15) is 8.78 Å². The average Bonchev–Trinajstić information content (AvgIpc) is 3.10. The van der Waals surface area contributed by atoms with Crippen LogP contribution in [0.4, 0.5) is 13.9 Å². The molecule has 0 saturated carbocycles. The SMILES string of the molecule is COCc1nsc(N[C@@H]2CCN(C)[C@H]2c2ccc(F)c(F)c2)n1. The van der Waals surface area contributed by atoms with Crippen LogP contribution in [0.1, 0.15) is 23.9 Å². The van der Waals surface area contributed by atoms with Gasteiger partial charge in [0.2, 0.25) is 5.13 Å². The van der Waals surface area contributed by atoms with Crippen LogP contribution in [0.15, 0.2) is 18.2 Å². The molecule has 0 unspecified atom stereocenters. The van der Waals surface area contributed by atoms with Gasteiger partial charge in [-0.2, -0.15) is 4.37 Å². The molecule has 2 atom stereocenters. The molecule has 5 nitrogen and oxygen atoms in total. The first-order valence-electron chi connectivity index (χ1n) is 7.31. The summed E-state index contributed by atoms with van der Waals surface area (Å²) in [5, 5.41) is 4.08. The van der Waals surface area contributed by atoms with Crippen molar-refractivity contribution in [1.82, 2.24) is 14.3 Å². The molecule has 1 N–H and O–H groups in total. The lowest BCUT2D eigenvalue weighted by molar-refractivity contribution is 0.179. The summed E-state index contributed by atoms with van der Waals surface area (Å²) in [5.74, 6) is -1.01. The van der Waals surface area contributed by atoms with Gasteiger partial charge >= 0.3 is 0 Å². The number of hydrogen-bond donors (Lipinski definition) is 1. The van der Waals surface area contributed by atoms with Gasteiger partial charge in [0.15, 0.2) is 17.5 Å². The van der Waals surface area contributed by atoms with E-state index in [1.165, 1.54) is 23.7 Å². The molecule has 124 valence electrons. The fraction of sp³-hybridized carbons (Fsp3) is 0.467. The molecule has 1 aromatic carbocycles. The third-order valence-corrected chi connectivity index (χ3v) is 4.67. The van der Waals surface area contributed by atoms with Gasteiger partial charge in [0, 0.05) is 31.2 Å². The second kappa shape index (κ2) is 6.86. The Labute approximate surface area is 137 Å². The maximum atomic E-state index is 13.6. The van der Waals surface area contributed by atoms with Crippen molar-refractivity contribution in [2.45, 2.75) is 25.1 Å². The van der Waals surface area contributed by atoms with E-state index < -0.39 is 11.6 Å². The van der Waals surface area contributed by atoms with Crippen molar-refractivity contribution in [2.75, 3.05) is 26.0 Å². The van der Waals surface area contributed by atoms with E-state index in [1.54, 1.807) is 13.2 Å². The minimum Gasteiger partial charge on any atom is -0.377 e. The predicted molar refractivity (Wildman–Crippen MR) is 84.4 cm³/mol. The van der Waals surface area contributed by atoms with Gasteiger partial charge < -0.3 is 10.1 Å². The van der Waals surface area contributed by atoms with Crippen LogP contribution >= 0.6 is 11.5 Å². The zero-order valence-corrected chi connectivity index (χ0v) is 13.7. The van der Waals surface area contributed by atoms with E-state index in [2.05, 4.69) is 19.6 Å². The number of rotatable bonds is 5. The summed E-state index contributed by atoms with van der Waals surface area (Å²) in [4.78, 5) is 6.49. The van der Waals surface area contributed by atoms with E-state index in [0.29, 0.717) is 17.6 Å². The van der Waals surface area contributed by atoms with Crippen molar-refractivity contribution >= 4 is 16.7 Å². The van der Waals surface area contributed by atoms with Crippen LogP contribution in [0.2, 0.25) is 0 Å². The Morgan fingerprint density at radius 1 is 1.39 bits per heavy atom. The molecule has 23 heavy (non-hydrogen) atoms. The Balaban J connectivity index is 1.78. The van der Waals surface area contributed by atoms with Crippen LogP contribution < -0.4 is 5.32 Å². The van der Waals surface area contributed by atoms with E-state index in [0.717, 1.165) is 18.5 Å². The van der Waals surface area contributed by atoms with Crippen LogP contribution in [0.5, 0.6) is 0 Å². The largest absolute Gasteiger partial charge is 0.377 e. The van der Waals surface area contributed by atoms with Crippen molar-refractivity contribution in [3.05, 3.63) is 41.2 Å². The van der Waals surface area contributed by atoms with Gasteiger partial charge in [-0.3, -0.25) is 4.90 Å². The molecule has 0 radical (unpaired) electrons. The van der Waals surface area contributed by atoms with Crippen molar-refractivity contribution in [2.24, 2.45) is 0 Å². The molecule has 3 rings (SSSR count). The summed E-state index contributed by atoms with van der Waals surface area (Å²) in [5.41, 5.74) is 0.753. The second-order valence-corrected chi connectivity index (χ2v) is 6.34. The van der Waals surface area contributed by atoms with Gasteiger partial charge in [-0.05, 0) is 31.2 Å². The highest BCUT2D eigenvalue weighted by atomic mass is 32.1. The molecular weight excluding hydrogens is 322 g/mol. The fourth-order valence-electron chi connectivity index (χ4n) is 2.94. The molecule has 2 heterocycles. The van der Waals surface area contributed by atoms with E-state index in [1.807, 2.05) is 7.05 Å². The Hall–Kier alpha value is -1.64. The summed E-state index contributed by atoms with van der Waals surface area (Å²) < 4.78 is 35.9. The van der Waals surface area contributed by atoms with Gasteiger partial charge in [-0.25, -0.2) is 13.8 Å². The van der Waals surface area contributed by atoms with Crippen molar-refractivity contribution in [3.8, 4) is 0 Å². The zero-order valence-electron chi connectivity index (χ0n) is 12.9. The third kappa shape index (κ3) is 3.49. The van der Waals surface area contributed by atoms with Crippen LogP contribution in [-0.4, -0.2) is 41.0 Å². The quantitative estimate of drug-likeness (QED) is 0.907. The molecule has 0 aliphatic carbocycles. The molecule has 2 aromatic rings. The summed E-state index contributed by atoms with van der Waals surface area (Å²) >= 11 is 1.28. The van der Waals surface area contributed by atoms with Gasteiger partial charge in [-0.15, -0.1) is 0 Å². The van der Waals surface area contributed by atoms with Crippen molar-refractivity contribution in [3.63, 3.8) is 0 Å². The molecule has 1 aliphatic rings. The van der Waals surface area contributed by atoms with Crippen LogP contribution in [0, 0.1) is 11.6 Å². The van der Waals surface area contributed by atoms with Crippen molar-refractivity contribution in [1.29, 1.82) is 0 Å². The highest BCUT2D eigenvalue weighted by Crippen LogP contribution is 2.34. The molecule has 1 saturated heterocycles. The first kappa shape index (κ1) is 16.2. The number of nitrogens with zero attached hydrogens (tertiary/aromatic N) is 3. The smallest absolute Gasteiger partial charge is 0.202 e. The molecule has 1 aliphatic heterocycles. The highest BCUT2D eigenvalue weighted by Gasteiger charge is 2.34. The van der Waals surface area contributed by atoms with Gasteiger partial charge in [0.05, 0.1) is 6.04 Å².